The summed E-state index contributed by atoms with van der Waals surface area (Å²) in [7, 11) is 0. The molecule has 0 amide bonds. The van der Waals surface area contributed by atoms with Crippen LogP contribution >= 0.6 is 11.8 Å². The van der Waals surface area contributed by atoms with E-state index in [9.17, 15) is 0 Å². The zero-order valence-corrected chi connectivity index (χ0v) is 12.0. The molecule has 1 atom stereocenters. The van der Waals surface area contributed by atoms with Crippen LogP contribution in [0.4, 0.5) is 11.6 Å². The lowest BCUT2D eigenvalue weighted by Gasteiger charge is -2.22. The van der Waals surface area contributed by atoms with Crippen LogP contribution in [0.25, 0.3) is 0 Å². The molecule has 2 rings (SSSR count). The number of hydrogen-bond donors (Lipinski definition) is 1. The van der Waals surface area contributed by atoms with Gasteiger partial charge in [-0.1, -0.05) is 25.1 Å². The lowest BCUT2D eigenvalue weighted by Crippen LogP contribution is -2.25. The first-order chi connectivity index (χ1) is 8.72. The van der Waals surface area contributed by atoms with E-state index in [0.29, 0.717) is 5.82 Å². The lowest BCUT2D eigenvalue weighted by atomic mass is 9.98. The van der Waals surface area contributed by atoms with Gasteiger partial charge in [-0.2, -0.15) is 0 Å². The molecule has 18 heavy (non-hydrogen) atoms. The molecule has 2 heterocycles. The SMILES string of the molecule is CCC1CCCN(c2cc(N)nc(SC)n2)CC1. The third kappa shape index (κ3) is 3.28. The topological polar surface area (TPSA) is 55.0 Å². The molecular formula is C13H22N4S. The second-order valence-corrected chi connectivity index (χ2v) is 5.60. The summed E-state index contributed by atoms with van der Waals surface area (Å²) in [5.41, 5.74) is 5.84. The van der Waals surface area contributed by atoms with Crippen molar-refractivity contribution in [3.05, 3.63) is 6.07 Å². The van der Waals surface area contributed by atoms with E-state index in [1.54, 1.807) is 11.8 Å². The average Bonchev–Trinajstić information content (AvgIpc) is 2.63. The molecule has 1 aliphatic heterocycles. The summed E-state index contributed by atoms with van der Waals surface area (Å²) in [5.74, 6) is 2.43. The number of nitrogens with zero attached hydrogens (tertiary/aromatic N) is 3. The van der Waals surface area contributed by atoms with Crippen molar-refractivity contribution in [2.75, 3.05) is 30.0 Å². The van der Waals surface area contributed by atoms with E-state index in [2.05, 4.69) is 21.8 Å². The number of rotatable bonds is 3. The molecule has 1 aliphatic rings. The van der Waals surface area contributed by atoms with Gasteiger partial charge in [0.25, 0.3) is 0 Å². The van der Waals surface area contributed by atoms with Gasteiger partial charge < -0.3 is 10.6 Å². The van der Waals surface area contributed by atoms with Gasteiger partial charge in [-0.3, -0.25) is 0 Å². The summed E-state index contributed by atoms with van der Waals surface area (Å²) >= 11 is 1.54. The first kappa shape index (κ1) is 13.5. The van der Waals surface area contributed by atoms with E-state index in [0.717, 1.165) is 30.0 Å². The molecular weight excluding hydrogens is 244 g/mol. The Morgan fingerprint density at radius 1 is 1.39 bits per heavy atom. The molecule has 0 aliphatic carbocycles. The predicted octanol–water partition coefficient (Wildman–Crippen LogP) is 2.80. The molecule has 2 N–H and O–H groups in total. The molecule has 1 fully saturated rings. The van der Waals surface area contributed by atoms with E-state index in [4.69, 9.17) is 5.73 Å². The van der Waals surface area contributed by atoms with Crippen molar-refractivity contribution in [1.82, 2.24) is 9.97 Å². The quantitative estimate of drug-likeness (QED) is 0.673. The molecule has 0 spiro atoms. The highest BCUT2D eigenvalue weighted by atomic mass is 32.2. The average molecular weight is 266 g/mol. The number of anilines is 2. The van der Waals surface area contributed by atoms with Gasteiger partial charge >= 0.3 is 0 Å². The minimum absolute atomic E-state index is 0.570. The molecule has 1 aromatic rings. The van der Waals surface area contributed by atoms with Crippen molar-refractivity contribution in [1.29, 1.82) is 0 Å². The largest absolute Gasteiger partial charge is 0.383 e. The second kappa shape index (κ2) is 6.27. The second-order valence-electron chi connectivity index (χ2n) is 4.83. The molecule has 1 unspecified atom stereocenters. The fourth-order valence-corrected chi connectivity index (χ4v) is 2.87. The van der Waals surface area contributed by atoms with Gasteiger partial charge in [0.1, 0.15) is 11.6 Å². The first-order valence-corrected chi connectivity index (χ1v) is 7.89. The van der Waals surface area contributed by atoms with Crippen LogP contribution in [0, 0.1) is 5.92 Å². The van der Waals surface area contributed by atoms with Crippen molar-refractivity contribution in [3.8, 4) is 0 Å². The van der Waals surface area contributed by atoms with Crippen LogP contribution in [0.2, 0.25) is 0 Å². The number of aromatic nitrogens is 2. The molecule has 0 bridgehead atoms. The molecule has 1 saturated heterocycles. The monoisotopic (exact) mass is 266 g/mol. The van der Waals surface area contributed by atoms with Crippen molar-refractivity contribution in [2.24, 2.45) is 5.92 Å². The Morgan fingerprint density at radius 3 is 2.94 bits per heavy atom. The molecule has 100 valence electrons. The highest BCUT2D eigenvalue weighted by Gasteiger charge is 2.17. The summed E-state index contributed by atoms with van der Waals surface area (Å²) in [4.78, 5) is 11.1. The Morgan fingerprint density at radius 2 is 2.22 bits per heavy atom. The van der Waals surface area contributed by atoms with Crippen LogP contribution in [0.1, 0.15) is 32.6 Å². The van der Waals surface area contributed by atoms with Gasteiger partial charge in [0.2, 0.25) is 0 Å². The van der Waals surface area contributed by atoms with E-state index in [1.807, 2.05) is 12.3 Å². The highest BCUT2D eigenvalue weighted by molar-refractivity contribution is 7.98. The summed E-state index contributed by atoms with van der Waals surface area (Å²) in [5, 5.41) is 0.765. The van der Waals surface area contributed by atoms with Crippen LogP contribution in [-0.4, -0.2) is 29.3 Å². The van der Waals surface area contributed by atoms with Crippen molar-refractivity contribution >= 4 is 23.4 Å². The van der Waals surface area contributed by atoms with Crippen LogP contribution in [0.3, 0.4) is 0 Å². The lowest BCUT2D eigenvalue weighted by molar-refractivity contribution is 0.459. The molecule has 1 aromatic heterocycles. The Balaban J connectivity index is 2.13. The third-order valence-electron chi connectivity index (χ3n) is 3.64. The Kier molecular flexibility index (Phi) is 4.69. The maximum absolute atomic E-state index is 5.84. The zero-order valence-electron chi connectivity index (χ0n) is 11.2. The minimum Gasteiger partial charge on any atom is -0.383 e. The minimum atomic E-state index is 0.570. The molecule has 0 radical (unpaired) electrons. The number of thioether (sulfide) groups is 1. The zero-order chi connectivity index (χ0) is 13.0. The smallest absolute Gasteiger partial charge is 0.191 e. The van der Waals surface area contributed by atoms with E-state index in [-0.39, 0.29) is 0 Å². The van der Waals surface area contributed by atoms with Gasteiger partial charge in [-0.15, -0.1) is 0 Å². The van der Waals surface area contributed by atoms with Gasteiger partial charge in [-0.05, 0) is 31.4 Å². The predicted molar refractivity (Wildman–Crippen MR) is 78.1 cm³/mol. The van der Waals surface area contributed by atoms with Crippen LogP contribution < -0.4 is 10.6 Å². The van der Waals surface area contributed by atoms with Crippen LogP contribution in [0.15, 0.2) is 11.2 Å². The molecule has 0 saturated carbocycles. The van der Waals surface area contributed by atoms with Gasteiger partial charge in [0.05, 0.1) is 0 Å². The van der Waals surface area contributed by atoms with Gasteiger partial charge in [-0.25, -0.2) is 9.97 Å². The molecule has 4 nitrogen and oxygen atoms in total. The highest BCUT2D eigenvalue weighted by Crippen LogP contribution is 2.25. The standard InChI is InChI=1S/C13H22N4S/c1-3-10-5-4-7-17(8-6-10)12-9-11(14)15-13(16-12)18-2/h9-10H,3-8H2,1-2H3,(H2,14,15,16). The summed E-state index contributed by atoms with van der Waals surface area (Å²) in [6, 6.07) is 1.89. The maximum Gasteiger partial charge on any atom is 0.191 e. The van der Waals surface area contributed by atoms with Crippen LogP contribution in [-0.2, 0) is 0 Å². The summed E-state index contributed by atoms with van der Waals surface area (Å²) in [6.45, 7) is 4.46. The third-order valence-corrected chi connectivity index (χ3v) is 4.19. The number of nitrogen functional groups attached to an aromatic ring is 1. The van der Waals surface area contributed by atoms with Crippen molar-refractivity contribution < 1.29 is 0 Å². The van der Waals surface area contributed by atoms with Gasteiger partial charge in [0.15, 0.2) is 5.16 Å². The van der Waals surface area contributed by atoms with Crippen LogP contribution in [0.5, 0.6) is 0 Å². The maximum atomic E-state index is 5.84. The number of hydrogen-bond acceptors (Lipinski definition) is 5. The van der Waals surface area contributed by atoms with Crippen molar-refractivity contribution in [3.63, 3.8) is 0 Å². The fraction of sp³-hybridized carbons (Fsp3) is 0.692. The van der Waals surface area contributed by atoms with E-state index < -0.39 is 0 Å². The van der Waals surface area contributed by atoms with Gasteiger partial charge in [0, 0.05) is 19.2 Å². The summed E-state index contributed by atoms with van der Waals surface area (Å²) < 4.78 is 0. The van der Waals surface area contributed by atoms with E-state index >= 15 is 0 Å². The Bertz CT molecular complexity index is 397. The van der Waals surface area contributed by atoms with Crippen molar-refractivity contribution in [2.45, 2.75) is 37.8 Å². The Hall–Kier alpha value is -0.970. The normalized spacial score (nSPS) is 20.8. The Labute approximate surface area is 113 Å². The summed E-state index contributed by atoms with van der Waals surface area (Å²) in [6.07, 6.45) is 7.11. The molecule has 5 heteroatoms. The first-order valence-electron chi connectivity index (χ1n) is 6.66. The van der Waals surface area contributed by atoms with E-state index in [1.165, 1.54) is 25.7 Å². The number of nitrogens with two attached hydrogens (primary N) is 1. The fourth-order valence-electron chi connectivity index (χ4n) is 2.49. The molecule has 0 aromatic carbocycles.